The first-order chi connectivity index (χ1) is 9.52. The van der Waals surface area contributed by atoms with Gasteiger partial charge in [0.25, 0.3) is 5.91 Å². The summed E-state index contributed by atoms with van der Waals surface area (Å²) in [6.07, 6.45) is 3.45. The monoisotopic (exact) mass is 295 g/mol. The van der Waals surface area contributed by atoms with Crippen molar-refractivity contribution in [3.05, 3.63) is 17.5 Å². The summed E-state index contributed by atoms with van der Waals surface area (Å²) < 4.78 is 0. The summed E-state index contributed by atoms with van der Waals surface area (Å²) in [5, 5.41) is 7.84. The number of amides is 1. The number of aromatic amines is 1. The Morgan fingerprint density at radius 1 is 1.55 bits per heavy atom. The minimum absolute atomic E-state index is 0.0419. The van der Waals surface area contributed by atoms with Crippen molar-refractivity contribution in [2.24, 2.45) is 0 Å². The van der Waals surface area contributed by atoms with Gasteiger partial charge in [-0.05, 0) is 37.0 Å². The van der Waals surface area contributed by atoms with E-state index in [0.717, 1.165) is 24.3 Å². The minimum Gasteiger partial charge on any atom is -0.337 e. The molecule has 4 nitrogen and oxygen atoms in total. The van der Waals surface area contributed by atoms with Gasteiger partial charge >= 0.3 is 0 Å². The fourth-order valence-corrected chi connectivity index (χ4v) is 3.88. The lowest BCUT2D eigenvalue weighted by Crippen LogP contribution is -2.35. The van der Waals surface area contributed by atoms with E-state index in [4.69, 9.17) is 0 Å². The molecular formula is C15H25N3OS. The third-order valence-electron chi connectivity index (χ3n) is 4.07. The first-order valence-corrected chi connectivity index (χ1v) is 8.51. The summed E-state index contributed by atoms with van der Waals surface area (Å²) in [5.41, 5.74) is 1.57. The molecule has 0 aliphatic heterocycles. The lowest BCUT2D eigenvalue weighted by Gasteiger charge is -2.23. The second-order valence-corrected chi connectivity index (χ2v) is 7.40. The van der Waals surface area contributed by atoms with E-state index >= 15 is 0 Å². The van der Waals surface area contributed by atoms with E-state index in [2.05, 4.69) is 31.0 Å². The molecule has 0 aromatic carbocycles. The molecule has 1 fully saturated rings. The number of hydrogen-bond acceptors (Lipinski definition) is 3. The van der Waals surface area contributed by atoms with Crippen LogP contribution in [0.4, 0.5) is 0 Å². The Morgan fingerprint density at radius 3 is 2.90 bits per heavy atom. The topological polar surface area (TPSA) is 49.0 Å². The number of aromatic nitrogens is 2. The number of rotatable bonds is 5. The number of hydrogen-bond donors (Lipinski definition) is 1. The number of carbonyl (C=O) groups excluding carboxylic acids is 1. The highest BCUT2D eigenvalue weighted by Crippen LogP contribution is 2.32. The molecule has 0 saturated heterocycles. The Hall–Kier alpha value is -0.970. The highest BCUT2D eigenvalue weighted by Gasteiger charge is 2.31. The van der Waals surface area contributed by atoms with Crippen LogP contribution in [0.2, 0.25) is 0 Å². The molecule has 1 aromatic heterocycles. The first-order valence-electron chi connectivity index (χ1n) is 7.47. The van der Waals surface area contributed by atoms with Crippen LogP contribution in [0.3, 0.4) is 0 Å². The lowest BCUT2D eigenvalue weighted by molar-refractivity contribution is 0.0729. The van der Waals surface area contributed by atoms with Crippen LogP contribution in [-0.2, 0) is 0 Å². The molecule has 0 bridgehead atoms. The Balaban J connectivity index is 1.98. The molecule has 1 aromatic rings. The van der Waals surface area contributed by atoms with E-state index in [0.29, 0.717) is 22.9 Å². The first kappa shape index (κ1) is 15.4. The van der Waals surface area contributed by atoms with Crippen LogP contribution in [-0.4, -0.2) is 45.1 Å². The predicted octanol–water partition coefficient (Wildman–Crippen LogP) is 3.28. The van der Waals surface area contributed by atoms with Gasteiger partial charge in [0.2, 0.25) is 0 Å². The Morgan fingerprint density at radius 2 is 2.30 bits per heavy atom. The standard InChI is InChI=1S/C15H25N3OS/c1-5-20-12-7-6-11(8-12)18(4)15(19)14-9-13(10(2)3)16-17-14/h9-12H,5-8H2,1-4H3,(H,16,17)/t11-,12+/m1/s1. The number of H-pyrrole nitrogens is 1. The van der Waals surface area contributed by atoms with Gasteiger partial charge in [0.15, 0.2) is 0 Å². The third kappa shape index (κ3) is 3.37. The summed E-state index contributed by atoms with van der Waals surface area (Å²) in [4.78, 5) is 14.4. The SMILES string of the molecule is CCS[C@H]1CC[C@@H](N(C)C(=O)c2cc(C(C)C)[nH]n2)C1. The summed E-state index contributed by atoms with van der Waals surface area (Å²) in [6, 6.07) is 2.25. The fourth-order valence-electron chi connectivity index (χ4n) is 2.74. The zero-order chi connectivity index (χ0) is 14.7. The van der Waals surface area contributed by atoms with Crippen molar-refractivity contribution in [3.8, 4) is 0 Å². The van der Waals surface area contributed by atoms with Gasteiger partial charge in [-0.15, -0.1) is 0 Å². The summed E-state index contributed by atoms with van der Waals surface area (Å²) in [6.45, 7) is 6.38. The molecule has 0 unspecified atom stereocenters. The number of thioether (sulfide) groups is 1. The minimum atomic E-state index is 0.0419. The molecule has 112 valence electrons. The van der Waals surface area contributed by atoms with Crippen LogP contribution in [0, 0.1) is 0 Å². The van der Waals surface area contributed by atoms with Crippen LogP contribution >= 0.6 is 11.8 Å². The largest absolute Gasteiger partial charge is 0.337 e. The number of nitrogens with one attached hydrogen (secondary N) is 1. The Bertz CT molecular complexity index is 458. The average Bonchev–Trinajstić information content (AvgIpc) is 3.06. The highest BCUT2D eigenvalue weighted by atomic mass is 32.2. The van der Waals surface area contributed by atoms with Crippen molar-refractivity contribution in [3.63, 3.8) is 0 Å². The molecule has 5 heteroatoms. The van der Waals surface area contributed by atoms with E-state index in [9.17, 15) is 4.79 Å². The molecular weight excluding hydrogens is 270 g/mol. The smallest absolute Gasteiger partial charge is 0.274 e. The predicted molar refractivity (Wildman–Crippen MR) is 84.3 cm³/mol. The molecule has 1 N–H and O–H groups in total. The lowest BCUT2D eigenvalue weighted by atomic mass is 10.1. The van der Waals surface area contributed by atoms with Crippen molar-refractivity contribution in [2.45, 2.75) is 57.2 Å². The zero-order valence-electron chi connectivity index (χ0n) is 12.8. The van der Waals surface area contributed by atoms with Crippen LogP contribution in [0.1, 0.15) is 62.1 Å². The van der Waals surface area contributed by atoms with Crippen molar-refractivity contribution in [1.29, 1.82) is 0 Å². The molecule has 1 aliphatic rings. The van der Waals surface area contributed by atoms with E-state index in [1.807, 2.05) is 29.8 Å². The van der Waals surface area contributed by atoms with E-state index in [1.165, 1.54) is 6.42 Å². The summed E-state index contributed by atoms with van der Waals surface area (Å²) in [5.74, 6) is 1.57. The van der Waals surface area contributed by atoms with Gasteiger partial charge in [-0.2, -0.15) is 16.9 Å². The van der Waals surface area contributed by atoms with Crippen molar-refractivity contribution >= 4 is 17.7 Å². The normalized spacial score (nSPS) is 22.4. The van der Waals surface area contributed by atoms with Gasteiger partial charge in [0, 0.05) is 24.0 Å². The molecule has 2 rings (SSSR count). The maximum Gasteiger partial charge on any atom is 0.274 e. The number of nitrogens with zero attached hydrogens (tertiary/aromatic N) is 2. The molecule has 1 aliphatic carbocycles. The Kier molecular flexibility index (Phi) is 5.13. The molecule has 2 atom stereocenters. The van der Waals surface area contributed by atoms with Gasteiger partial charge in [0.1, 0.15) is 5.69 Å². The van der Waals surface area contributed by atoms with Crippen LogP contribution in [0.15, 0.2) is 6.07 Å². The molecule has 20 heavy (non-hydrogen) atoms. The van der Waals surface area contributed by atoms with E-state index in [-0.39, 0.29) is 5.91 Å². The van der Waals surface area contributed by atoms with E-state index in [1.54, 1.807) is 0 Å². The summed E-state index contributed by atoms with van der Waals surface area (Å²) >= 11 is 2.02. The maximum absolute atomic E-state index is 12.5. The van der Waals surface area contributed by atoms with Gasteiger partial charge in [-0.3, -0.25) is 9.89 Å². The molecule has 1 heterocycles. The Labute approximate surface area is 125 Å². The zero-order valence-corrected chi connectivity index (χ0v) is 13.7. The summed E-state index contributed by atoms with van der Waals surface area (Å²) in [7, 11) is 1.91. The maximum atomic E-state index is 12.5. The van der Waals surface area contributed by atoms with Crippen LogP contribution in [0.25, 0.3) is 0 Å². The van der Waals surface area contributed by atoms with Gasteiger partial charge in [-0.1, -0.05) is 20.8 Å². The number of carbonyl (C=O) groups is 1. The van der Waals surface area contributed by atoms with E-state index < -0.39 is 0 Å². The van der Waals surface area contributed by atoms with Crippen molar-refractivity contribution in [1.82, 2.24) is 15.1 Å². The highest BCUT2D eigenvalue weighted by molar-refractivity contribution is 7.99. The average molecular weight is 295 g/mol. The van der Waals surface area contributed by atoms with Gasteiger partial charge in [-0.25, -0.2) is 0 Å². The van der Waals surface area contributed by atoms with Crippen LogP contribution < -0.4 is 0 Å². The van der Waals surface area contributed by atoms with Gasteiger partial charge < -0.3 is 4.90 Å². The fraction of sp³-hybridized carbons (Fsp3) is 0.733. The van der Waals surface area contributed by atoms with Crippen LogP contribution in [0.5, 0.6) is 0 Å². The molecule has 0 spiro atoms. The second-order valence-electron chi connectivity index (χ2n) is 5.82. The molecule has 1 saturated carbocycles. The molecule has 0 radical (unpaired) electrons. The molecule has 1 amide bonds. The van der Waals surface area contributed by atoms with Crippen molar-refractivity contribution in [2.75, 3.05) is 12.8 Å². The van der Waals surface area contributed by atoms with Gasteiger partial charge in [0.05, 0.1) is 0 Å². The third-order valence-corrected chi connectivity index (χ3v) is 5.30. The van der Waals surface area contributed by atoms with Crippen molar-refractivity contribution < 1.29 is 4.79 Å². The quantitative estimate of drug-likeness (QED) is 0.907. The second kappa shape index (κ2) is 6.66.